The molecule has 1 unspecified atom stereocenters. The summed E-state index contributed by atoms with van der Waals surface area (Å²) in [6.45, 7) is 11.6. The van der Waals surface area contributed by atoms with Gasteiger partial charge in [-0.25, -0.2) is 9.78 Å². The third-order valence-corrected chi connectivity index (χ3v) is 6.45. The van der Waals surface area contributed by atoms with Gasteiger partial charge in [-0.1, -0.05) is 30.3 Å². The molecular formula is C31H39N3O5. The van der Waals surface area contributed by atoms with E-state index >= 15 is 0 Å². The van der Waals surface area contributed by atoms with E-state index in [4.69, 9.17) is 14.5 Å². The summed E-state index contributed by atoms with van der Waals surface area (Å²) in [7, 11) is 0. The first-order valence-electron chi connectivity index (χ1n) is 13.7. The van der Waals surface area contributed by atoms with Gasteiger partial charge in [-0.05, 0) is 91.0 Å². The van der Waals surface area contributed by atoms with Crippen LogP contribution in [0.1, 0.15) is 84.7 Å². The van der Waals surface area contributed by atoms with Crippen molar-refractivity contribution < 1.29 is 19.1 Å². The maximum Gasteiger partial charge on any atom is 0.410 e. The average molecular weight is 534 g/mol. The van der Waals surface area contributed by atoms with Crippen LogP contribution in [-0.2, 0) is 20.7 Å². The number of hydrogen-bond donors (Lipinski definition) is 0. The predicted molar refractivity (Wildman–Crippen MR) is 151 cm³/mol. The molecule has 0 spiro atoms. The second-order valence-electron chi connectivity index (χ2n) is 12.0. The molecule has 3 aromatic rings. The zero-order valence-electron chi connectivity index (χ0n) is 23.8. The summed E-state index contributed by atoms with van der Waals surface area (Å²) in [5.74, 6) is 0.265. The van der Waals surface area contributed by atoms with Crippen molar-refractivity contribution in [2.75, 3.05) is 6.54 Å². The van der Waals surface area contributed by atoms with Crippen LogP contribution in [0.2, 0.25) is 0 Å². The van der Waals surface area contributed by atoms with Gasteiger partial charge in [0.1, 0.15) is 17.0 Å². The first-order valence-corrected chi connectivity index (χ1v) is 13.7. The minimum Gasteiger partial charge on any atom is -0.460 e. The Kier molecular flexibility index (Phi) is 8.14. The highest BCUT2D eigenvalue weighted by Crippen LogP contribution is 2.34. The summed E-state index contributed by atoms with van der Waals surface area (Å²) in [6.07, 6.45) is 2.41. The molecule has 39 heavy (non-hydrogen) atoms. The van der Waals surface area contributed by atoms with E-state index in [9.17, 15) is 14.4 Å². The number of esters is 1. The summed E-state index contributed by atoms with van der Waals surface area (Å²) < 4.78 is 12.8. The lowest BCUT2D eigenvalue weighted by molar-refractivity contribution is -0.154. The molecule has 1 atom stereocenters. The van der Waals surface area contributed by atoms with E-state index in [1.807, 2.05) is 90.1 Å². The van der Waals surface area contributed by atoms with Crippen molar-refractivity contribution in [3.05, 3.63) is 70.3 Å². The number of amides is 1. The molecule has 1 amide bonds. The molecule has 8 heteroatoms. The number of aromatic nitrogens is 2. The summed E-state index contributed by atoms with van der Waals surface area (Å²) in [5, 5.41) is 0.524. The monoisotopic (exact) mass is 533 g/mol. The number of para-hydroxylation sites is 1. The number of carbonyl (C=O) groups excluding carboxylic acids is 2. The average Bonchev–Trinajstić information content (AvgIpc) is 3.32. The van der Waals surface area contributed by atoms with Gasteiger partial charge in [-0.2, -0.15) is 0 Å². The zero-order chi connectivity index (χ0) is 28.4. The highest BCUT2D eigenvalue weighted by Gasteiger charge is 2.36. The SMILES string of the molecule is CC(C)(C)OC(=O)CCCc1cccc2nc(C3CCCN3C(=O)OC(C)(C)C)n(-c3ccccc3)c(=O)c12. The van der Waals surface area contributed by atoms with Crippen molar-refractivity contribution in [3.63, 3.8) is 0 Å². The topological polar surface area (TPSA) is 90.7 Å². The largest absolute Gasteiger partial charge is 0.460 e. The number of fused-ring (bicyclic) bond motifs is 1. The van der Waals surface area contributed by atoms with Crippen molar-refractivity contribution in [3.8, 4) is 5.69 Å². The maximum atomic E-state index is 14.2. The molecule has 0 aliphatic carbocycles. The third-order valence-electron chi connectivity index (χ3n) is 6.45. The van der Waals surface area contributed by atoms with Crippen LogP contribution in [0.5, 0.6) is 0 Å². The number of carbonyl (C=O) groups is 2. The van der Waals surface area contributed by atoms with E-state index in [-0.39, 0.29) is 17.9 Å². The number of aryl methyl sites for hydroxylation is 1. The fourth-order valence-electron chi connectivity index (χ4n) is 4.96. The van der Waals surface area contributed by atoms with Crippen molar-refractivity contribution in [2.45, 2.75) is 90.9 Å². The lowest BCUT2D eigenvalue weighted by Gasteiger charge is -2.29. The summed E-state index contributed by atoms with van der Waals surface area (Å²) in [5.41, 5.74) is 0.743. The quantitative estimate of drug-likeness (QED) is 0.355. The van der Waals surface area contributed by atoms with Crippen LogP contribution in [0.25, 0.3) is 16.6 Å². The minimum absolute atomic E-state index is 0.190. The van der Waals surface area contributed by atoms with Gasteiger partial charge < -0.3 is 9.47 Å². The van der Waals surface area contributed by atoms with E-state index < -0.39 is 23.3 Å². The third kappa shape index (κ3) is 6.85. The second-order valence-corrected chi connectivity index (χ2v) is 12.0. The Balaban J connectivity index is 1.76. The molecule has 0 bridgehead atoms. The van der Waals surface area contributed by atoms with E-state index in [1.165, 1.54) is 0 Å². The predicted octanol–water partition coefficient (Wildman–Crippen LogP) is 6.12. The Hall–Kier alpha value is -3.68. The fraction of sp³-hybridized carbons (Fsp3) is 0.484. The van der Waals surface area contributed by atoms with Gasteiger partial charge >= 0.3 is 12.1 Å². The number of benzene rings is 2. The molecule has 1 aliphatic heterocycles. The molecule has 8 nitrogen and oxygen atoms in total. The lowest BCUT2D eigenvalue weighted by Crippen LogP contribution is -2.38. The molecular weight excluding hydrogens is 494 g/mol. The first kappa shape index (κ1) is 28.3. The highest BCUT2D eigenvalue weighted by molar-refractivity contribution is 5.82. The summed E-state index contributed by atoms with van der Waals surface area (Å²) in [6, 6.07) is 14.6. The van der Waals surface area contributed by atoms with Crippen LogP contribution in [0.15, 0.2) is 53.3 Å². The number of hydrogen-bond acceptors (Lipinski definition) is 6. The van der Waals surface area contributed by atoms with Crippen molar-refractivity contribution in [2.24, 2.45) is 0 Å². The van der Waals surface area contributed by atoms with E-state index in [2.05, 4.69) is 0 Å². The van der Waals surface area contributed by atoms with Gasteiger partial charge in [0.05, 0.1) is 22.6 Å². The Morgan fingerprint density at radius 1 is 0.949 bits per heavy atom. The molecule has 2 heterocycles. The number of likely N-dealkylation sites (tertiary alicyclic amines) is 1. The molecule has 1 aromatic heterocycles. The van der Waals surface area contributed by atoms with Gasteiger partial charge in [0.25, 0.3) is 5.56 Å². The number of nitrogens with zero attached hydrogens (tertiary/aromatic N) is 3. The van der Waals surface area contributed by atoms with Crippen LogP contribution in [0.3, 0.4) is 0 Å². The highest BCUT2D eigenvalue weighted by atomic mass is 16.6. The Morgan fingerprint density at radius 3 is 2.31 bits per heavy atom. The van der Waals surface area contributed by atoms with Crippen molar-refractivity contribution >= 4 is 23.0 Å². The van der Waals surface area contributed by atoms with Gasteiger partial charge in [-0.15, -0.1) is 0 Å². The molecule has 1 fully saturated rings. The minimum atomic E-state index is -0.631. The van der Waals surface area contributed by atoms with E-state index in [1.54, 1.807) is 9.47 Å². The fourth-order valence-corrected chi connectivity index (χ4v) is 4.96. The zero-order valence-corrected chi connectivity index (χ0v) is 23.8. The second kappa shape index (κ2) is 11.2. The Bertz CT molecular complexity index is 1400. The normalized spacial score (nSPS) is 15.9. The molecule has 4 rings (SSSR count). The van der Waals surface area contributed by atoms with Gasteiger partial charge in [0.15, 0.2) is 0 Å². The van der Waals surface area contributed by atoms with Crippen LogP contribution in [-0.4, -0.2) is 44.3 Å². The molecule has 0 saturated carbocycles. The number of ether oxygens (including phenoxy) is 2. The molecule has 208 valence electrons. The lowest BCUT2D eigenvalue weighted by atomic mass is 10.0. The summed E-state index contributed by atoms with van der Waals surface area (Å²) >= 11 is 0. The van der Waals surface area contributed by atoms with Crippen LogP contribution >= 0.6 is 0 Å². The molecule has 0 N–H and O–H groups in total. The van der Waals surface area contributed by atoms with Gasteiger partial charge in [0, 0.05) is 13.0 Å². The van der Waals surface area contributed by atoms with Crippen molar-refractivity contribution in [1.29, 1.82) is 0 Å². The van der Waals surface area contributed by atoms with Crippen LogP contribution < -0.4 is 5.56 Å². The standard InChI is InChI=1S/C31H39N3O5/c1-30(2,3)38-25(35)19-11-14-21-13-10-17-23-26(21)28(36)34(22-15-8-7-9-16-22)27(32-23)24-18-12-20-33(24)29(37)39-31(4,5)6/h7-10,13,15-17,24H,11-12,14,18-20H2,1-6H3. The smallest absolute Gasteiger partial charge is 0.410 e. The Morgan fingerprint density at radius 2 is 1.64 bits per heavy atom. The van der Waals surface area contributed by atoms with E-state index in [0.29, 0.717) is 48.2 Å². The summed E-state index contributed by atoms with van der Waals surface area (Å²) in [4.78, 5) is 46.2. The number of rotatable bonds is 6. The maximum absolute atomic E-state index is 14.2. The van der Waals surface area contributed by atoms with Crippen molar-refractivity contribution in [1.82, 2.24) is 14.5 Å². The molecule has 1 aliphatic rings. The van der Waals surface area contributed by atoms with Gasteiger partial charge in [0.2, 0.25) is 0 Å². The van der Waals surface area contributed by atoms with Gasteiger partial charge in [-0.3, -0.25) is 19.1 Å². The van der Waals surface area contributed by atoms with E-state index in [0.717, 1.165) is 12.0 Å². The molecule has 0 radical (unpaired) electrons. The van der Waals surface area contributed by atoms with Crippen LogP contribution in [0, 0.1) is 0 Å². The molecule has 2 aromatic carbocycles. The van der Waals surface area contributed by atoms with Crippen LogP contribution in [0.4, 0.5) is 4.79 Å². The first-order chi connectivity index (χ1) is 18.3. The molecule has 1 saturated heterocycles. The Labute approximate surface area is 229 Å².